The molecule has 3 unspecified atom stereocenters. The number of Topliss-reactive ketones (excluding diaryl/α,β-unsaturated/α-hetero) is 1. The third-order valence-electron chi connectivity index (χ3n) is 4.36. The summed E-state index contributed by atoms with van der Waals surface area (Å²) >= 11 is 0. The van der Waals surface area contributed by atoms with E-state index < -0.39 is 23.3 Å². The lowest BCUT2D eigenvalue weighted by Crippen LogP contribution is -2.32. The number of carboxylic acids is 2. The first-order valence-electron chi connectivity index (χ1n) is 6.87. The molecule has 0 heterocycles. The second kappa shape index (κ2) is 5.68. The number of carboxylic acid groups (broad SMARTS) is 2. The Morgan fingerprint density at radius 1 is 1.19 bits per heavy atom. The first kappa shape index (κ1) is 15.2. The van der Waals surface area contributed by atoms with E-state index in [9.17, 15) is 14.4 Å². The van der Waals surface area contributed by atoms with Crippen LogP contribution in [-0.2, 0) is 14.4 Å². The topological polar surface area (TPSA) is 91.7 Å². The lowest BCUT2D eigenvalue weighted by atomic mass is 9.73. The summed E-state index contributed by atoms with van der Waals surface area (Å²) in [5.41, 5.74) is -0.157. The molecule has 0 saturated heterocycles. The van der Waals surface area contributed by atoms with E-state index in [4.69, 9.17) is 10.2 Å². The standard InChI is InChI=1S/C16H18O5/c1-16(9-14(19)20)12(10-5-3-2-4-6-10)7-11(15(16)21)8-13(17)18/h2-6,11-12H,7-9H2,1H3,(H,17,18)(H,19,20). The summed E-state index contributed by atoms with van der Waals surface area (Å²) in [7, 11) is 0. The maximum absolute atomic E-state index is 12.6. The molecule has 3 atom stereocenters. The summed E-state index contributed by atoms with van der Waals surface area (Å²) in [5, 5.41) is 18.1. The molecule has 2 N–H and O–H groups in total. The summed E-state index contributed by atoms with van der Waals surface area (Å²) in [5.74, 6) is -3.19. The van der Waals surface area contributed by atoms with Gasteiger partial charge in [0.2, 0.25) is 0 Å². The van der Waals surface area contributed by atoms with Gasteiger partial charge in [0.15, 0.2) is 0 Å². The molecule has 2 rings (SSSR count). The molecule has 1 fully saturated rings. The van der Waals surface area contributed by atoms with Crippen molar-refractivity contribution in [3.8, 4) is 0 Å². The maximum atomic E-state index is 12.6. The lowest BCUT2D eigenvalue weighted by Gasteiger charge is -2.28. The van der Waals surface area contributed by atoms with Crippen LogP contribution in [0.5, 0.6) is 0 Å². The Morgan fingerprint density at radius 3 is 2.33 bits per heavy atom. The van der Waals surface area contributed by atoms with Crippen LogP contribution >= 0.6 is 0 Å². The minimum Gasteiger partial charge on any atom is -0.481 e. The number of aliphatic carboxylic acids is 2. The van der Waals surface area contributed by atoms with Crippen molar-refractivity contribution in [1.29, 1.82) is 0 Å². The highest BCUT2D eigenvalue weighted by Crippen LogP contribution is 2.52. The molecule has 21 heavy (non-hydrogen) atoms. The van der Waals surface area contributed by atoms with Gasteiger partial charge in [-0.25, -0.2) is 0 Å². The van der Waals surface area contributed by atoms with Gasteiger partial charge in [-0.2, -0.15) is 0 Å². The summed E-state index contributed by atoms with van der Waals surface area (Å²) in [6.07, 6.45) is -0.127. The second-order valence-corrected chi connectivity index (χ2v) is 5.85. The Labute approximate surface area is 122 Å². The first-order valence-corrected chi connectivity index (χ1v) is 6.87. The zero-order chi connectivity index (χ0) is 15.6. The highest BCUT2D eigenvalue weighted by molar-refractivity contribution is 5.95. The minimum absolute atomic E-state index is 0.239. The molecule has 1 aromatic carbocycles. The number of rotatable bonds is 5. The first-order chi connectivity index (χ1) is 9.84. The molecule has 1 aliphatic carbocycles. The number of carbonyl (C=O) groups excluding carboxylic acids is 1. The molecule has 5 nitrogen and oxygen atoms in total. The van der Waals surface area contributed by atoms with E-state index in [0.717, 1.165) is 5.56 Å². The Morgan fingerprint density at radius 2 is 1.81 bits per heavy atom. The normalized spacial score (nSPS) is 28.5. The van der Waals surface area contributed by atoms with Gasteiger partial charge >= 0.3 is 11.9 Å². The molecule has 5 heteroatoms. The Hall–Kier alpha value is -2.17. The van der Waals surface area contributed by atoms with Crippen LogP contribution in [0.1, 0.15) is 37.7 Å². The van der Waals surface area contributed by atoms with E-state index >= 15 is 0 Å². The summed E-state index contributed by atoms with van der Waals surface area (Å²) in [6, 6.07) is 9.25. The molecule has 0 aromatic heterocycles. The van der Waals surface area contributed by atoms with E-state index in [1.807, 2.05) is 30.3 Å². The molecule has 0 radical (unpaired) electrons. The zero-order valence-electron chi connectivity index (χ0n) is 11.8. The van der Waals surface area contributed by atoms with E-state index in [1.165, 1.54) is 0 Å². The van der Waals surface area contributed by atoms with Crippen molar-refractivity contribution in [2.75, 3.05) is 0 Å². The molecule has 1 saturated carbocycles. The van der Waals surface area contributed by atoms with E-state index in [2.05, 4.69) is 0 Å². The second-order valence-electron chi connectivity index (χ2n) is 5.85. The predicted octanol–water partition coefficient (Wildman–Crippen LogP) is 2.31. The van der Waals surface area contributed by atoms with Crippen LogP contribution in [0.25, 0.3) is 0 Å². The van der Waals surface area contributed by atoms with Crippen LogP contribution < -0.4 is 0 Å². The number of carbonyl (C=O) groups is 3. The Balaban J connectivity index is 2.38. The molecular weight excluding hydrogens is 272 g/mol. The van der Waals surface area contributed by atoms with E-state index in [1.54, 1.807) is 6.92 Å². The fourth-order valence-corrected chi connectivity index (χ4v) is 3.39. The number of hydrogen-bond acceptors (Lipinski definition) is 3. The van der Waals surface area contributed by atoms with Gasteiger partial charge in [0, 0.05) is 11.3 Å². The van der Waals surface area contributed by atoms with Crippen molar-refractivity contribution in [3.63, 3.8) is 0 Å². The fraction of sp³-hybridized carbons (Fsp3) is 0.438. The third-order valence-corrected chi connectivity index (χ3v) is 4.36. The van der Waals surface area contributed by atoms with Crippen LogP contribution in [0.15, 0.2) is 30.3 Å². The van der Waals surface area contributed by atoms with Crippen LogP contribution in [0.3, 0.4) is 0 Å². The van der Waals surface area contributed by atoms with Gasteiger partial charge in [-0.05, 0) is 17.9 Å². The van der Waals surface area contributed by atoms with Crippen molar-refractivity contribution < 1.29 is 24.6 Å². The third kappa shape index (κ3) is 2.96. The SMILES string of the molecule is CC1(CC(=O)O)C(=O)C(CC(=O)O)CC1c1ccccc1. The van der Waals surface area contributed by atoms with Crippen molar-refractivity contribution >= 4 is 17.7 Å². The van der Waals surface area contributed by atoms with Gasteiger partial charge in [-0.3, -0.25) is 14.4 Å². The fourth-order valence-electron chi connectivity index (χ4n) is 3.39. The van der Waals surface area contributed by atoms with Crippen molar-refractivity contribution in [1.82, 2.24) is 0 Å². The van der Waals surface area contributed by atoms with Crippen LogP contribution in [-0.4, -0.2) is 27.9 Å². The van der Waals surface area contributed by atoms with Gasteiger partial charge in [0.1, 0.15) is 5.78 Å². The van der Waals surface area contributed by atoms with Crippen LogP contribution in [0, 0.1) is 11.3 Å². The van der Waals surface area contributed by atoms with Crippen LogP contribution in [0.4, 0.5) is 0 Å². The van der Waals surface area contributed by atoms with Gasteiger partial charge in [0.25, 0.3) is 0 Å². The monoisotopic (exact) mass is 290 g/mol. The van der Waals surface area contributed by atoms with E-state index in [0.29, 0.717) is 6.42 Å². The molecule has 0 bridgehead atoms. The summed E-state index contributed by atoms with van der Waals surface area (Å²) in [4.78, 5) is 34.6. The Kier molecular flexibility index (Phi) is 4.11. The average molecular weight is 290 g/mol. The molecule has 1 aliphatic rings. The van der Waals surface area contributed by atoms with Gasteiger partial charge in [0.05, 0.1) is 12.8 Å². The summed E-state index contributed by atoms with van der Waals surface area (Å²) in [6.45, 7) is 1.64. The summed E-state index contributed by atoms with van der Waals surface area (Å²) < 4.78 is 0. The molecule has 0 aliphatic heterocycles. The minimum atomic E-state index is -1.05. The van der Waals surface area contributed by atoms with Crippen molar-refractivity contribution in [2.45, 2.75) is 32.1 Å². The largest absolute Gasteiger partial charge is 0.481 e. The number of benzene rings is 1. The van der Waals surface area contributed by atoms with Gasteiger partial charge in [-0.15, -0.1) is 0 Å². The highest BCUT2D eigenvalue weighted by Gasteiger charge is 2.53. The predicted molar refractivity (Wildman–Crippen MR) is 74.9 cm³/mol. The molecule has 0 spiro atoms. The number of ketones is 1. The van der Waals surface area contributed by atoms with Crippen molar-refractivity contribution in [2.24, 2.45) is 11.3 Å². The number of hydrogen-bond donors (Lipinski definition) is 2. The highest BCUT2D eigenvalue weighted by atomic mass is 16.4. The molecule has 1 aromatic rings. The zero-order valence-corrected chi connectivity index (χ0v) is 11.8. The molecular formula is C16H18O5. The lowest BCUT2D eigenvalue weighted by molar-refractivity contribution is -0.145. The molecule has 0 amide bonds. The Bertz CT molecular complexity index is 565. The quantitative estimate of drug-likeness (QED) is 0.868. The smallest absolute Gasteiger partial charge is 0.304 e. The van der Waals surface area contributed by atoms with Gasteiger partial charge < -0.3 is 10.2 Å². The van der Waals surface area contributed by atoms with Crippen molar-refractivity contribution in [3.05, 3.63) is 35.9 Å². The average Bonchev–Trinajstić information content (AvgIpc) is 2.63. The van der Waals surface area contributed by atoms with Crippen LogP contribution in [0.2, 0.25) is 0 Å². The van der Waals surface area contributed by atoms with Gasteiger partial charge in [-0.1, -0.05) is 37.3 Å². The maximum Gasteiger partial charge on any atom is 0.304 e. The molecule has 112 valence electrons. The van der Waals surface area contributed by atoms with E-state index in [-0.39, 0.29) is 24.5 Å².